The highest BCUT2D eigenvalue weighted by atomic mass is 16.8. The zero-order valence-corrected chi connectivity index (χ0v) is 21.7. The van der Waals surface area contributed by atoms with Gasteiger partial charge in [-0.3, -0.25) is 9.59 Å². The van der Waals surface area contributed by atoms with Crippen molar-refractivity contribution in [1.82, 2.24) is 10.6 Å². The van der Waals surface area contributed by atoms with Gasteiger partial charge in [-0.05, 0) is 6.92 Å². The molecule has 3 aliphatic rings. The molecule has 3 aliphatic heterocycles. The highest BCUT2D eigenvalue weighted by Crippen LogP contribution is 2.32. The Hall–Kier alpha value is -2.07. The summed E-state index contributed by atoms with van der Waals surface area (Å²) in [6.45, 7) is 2.76. The number of amides is 2. The Labute approximate surface area is 227 Å². The fourth-order valence-electron chi connectivity index (χ4n) is 4.77. The summed E-state index contributed by atoms with van der Waals surface area (Å²) in [5.41, 5.74) is 0. The fraction of sp³-hybridized carbons (Fsp3) is 0.864. The number of hydrogen-bond donors (Lipinski definition) is 10. The van der Waals surface area contributed by atoms with Crippen LogP contribution in [0.3, 0.4) is 0 Å². The number of carbonyl (C=O) groups excluding carboxylic acids is 2. The Morgan fingerprint density at radius 2 is 1.23 bits per heavy atom. The molecule has 0 unspecified atom stereocenters. The van der Waals surface area contributed by atoms with Crippen molar-refractivity contribution in [2.24, 2.45) is 0 Å². The van der Waals surface area contributed by atoms with Gasteiger partial charge in [-0.2, -0.15) is 0 Å². The number of aliphatic hydroxyl groups excluding tert-OH is 7. The van der Waals surface area contributed by atoms with Crippen LogP contribution in [0, 0.1) is 0 Å². The number of rotatable bonds is 8. The monoisotopic (exact) mass is 584 g/mol. The molecule has 0 saturated carbocycles. The summed E-state index contributed by atoms with van der Waals surface area (Å²) in [6.07, 6.45) is -22.2. The first kappa shape index (κ1) is 32.4. The van der Waals surface area contributed by atoms with Crippen molar-refractivity contribution in [3.63, 3.8) is 0 Å². The summed E-state index contributed by atoms with van der Waals surface area (Å²) in [5.74, 6) is -3.06. The van der Waals surface area contributed by atoms with E-state index in [1.165, 1.54) is 6.92 Å². The van der Waals surface area contributed by atoms with E-state index in [0.717, 1.165) is 13.8 Å². The minimum absolute atomic E-state index is 0.661. The average molecular weight is 585 g/mol. The normalized spacial score (nSPS) is 45.9. The molecular weight excluding hydrogens is 548 g/mol. The average Bonchev–Trinajstić information content (AvgIpc) is 2.87. The van der Waals surface area contributed by atoms with Gasteiger partial charge in [-0.1, -0.05) is 0 Å². The Morgan fingerprint density at radius 1 is 0.725 bits per heavy atom. The van der Waals surface area contributed by atoms with Gasteiger partial charge in [0.1, 0.15) is 60.9 Å². The summed E-state index contributed by atoms with van der Waals surface area (Å²) >= 11 is 0. The van der Waals surface area contributed by atoms with E-state index in [2.05, 4.69) is 10.6 Å². The molecule has 15 atom stereocenters. The lowest BCUT2D eigenvalue weighted by Gasteiger charge is -2.49. The maximum absolute atomic E-state index is 11.8. The first-order valence-electron chi connectivity index (χ1n) is 12.4. The lowest BCUT2D eigenvalue weighted by Crippen LogP contribution is -2.69. The van der Waals surface area contributed by atoms with Crippen LogP contribution in [0.4, 0.5) is 0 Å². The number of aliphatic hydroxyl groups is 7. The van der Waals surface area contributed by atoms with Crippen LogP contribution in [0.25, 0.3) is 0 Å². The first-order valence-corrected chi connectivity index (χ1v) is 12.4. The number of hydrogen-bond acceptors (Lipinski definition) is 15. The van der Waals surface area contributed by atoms with E-state index in [9.17, 15) is 55.2 Å². The molecule has 0 bridgehead atoms. The second-order valence-corrected chi connectivity index (χ2v) is 9.83. The summed E-state index contributed by atoms with van der Waals surface area (Å²) in [4.78, 5) is 35.1. The predicted molar refractivity (Wildman–Crippen MR) is 124 cm³/mol. The Bertz CT molecular complexity index is 910. The summed E-state index contributed by atoms with van der Waals surface area (Å²) in [6, 6.07) is -3.01. The van der Waals surface area contributed by atoms with Gasteiger partial charge < -0.3 is 75.2 Å². The molecule has 0 spiro atoms. The van der Waals surface area contributed by atoms with Crippen molar-refractivity contribution >= 4 is 17.8 Å². The molecule has 3 fully saturated rings. The maximum atomic E-state index is 11.8. The van der Waals surface area contributed by atoms with Crippen LogP contribution >= 0.6 is 0 Å². The second-order valence-electron chi connectivity index (χ2n) is 9.83. The Morgan fingerprint density at radius 3 is 1.73 bits per heavy atom. The van der Waals surface area contributed by atoms with Gasteiger partial charge in [-0.25, -0.2) is 4.79 Å². The van der Waals surface area contributed by atoms with Gasteiger partial charge in [0, 0.05) is 13.8 Å². The molecule has 18 nitrogen and oxygen atoms in total. The predicted octanol–water partition coefficient (Wildman–Crippen LogP) is -6.17. The second kappa shape index (κ2) is 13.3. The molecular formula is C22H36N2O16. The SMILES string of the molecule is CC(=O)N[C@H]1[C@@H](O[C@@H]2[C@H](O[C@@H]3O[C@H](CO)[C@@H](O)[C@H](O)[C@H]3NC(C)=O)[C@@H](O)[C@H](C)O[C@H]2O)O[C@H](C(=O)O)[C@H](O)[C@@H]1O. The zero-order chi connectivity index (χ0) is 30.0. The summed E-state index contributed by atoms with van der Waals surface area (Å²) in [7, 11) is 0. The number of aliphatic carboxylic acids is 1. The minimum Gasteiger partial charge on any atom is -0.479 e. The summed E-state index contributed by atoms with van der Waals surface area (Å²) < 4.78 is 27.6. The molecule has 40 heavy (non-hydrogen) atoms. The number of carboxylic acid groups (broad SMARTS) is 1. The number of carbonyl (C=O) groups is 3. The van der Waals surface area contributed by atoms with E-state index in [1.54, 1.807) is 0 Å². The molecule has 2 amide bonds. The zero-order valence-electron chi connectivity index (χ0n) is 21.7. The molecule has 0 aromatic rings. The van der Waals surface area contributed by atoms with Crippen LogP contribution in [0.2, 0.25) is 0 Å². The molecule has 10 N–H and O–H groups in total. The smallest absolute Gasteiger partial charge is 0.335 e. The quantitative estimate of drug-likeness (QED) is 0.127. The molecule has 0 aliphatic carbocycles. The third kappa shape index (κ3) is 6.86. The van der Waals surface area contributed by atoms with Crippen LogP contribution in [0.15, 0.2) is 0 Å². The highest BCUT2D eigenvalue weighted by molar-refractivity contribution is 5.75. The van der Waals surface area contributed by atoms with Crippen molar-refractivity contribution in [1.29, 1.82) is 0 Å². The van der Waals surface area contributed by atoms with E-state index in [1.807, 2.05) is 0 Å². The lowest BCUT2D eigenvalue weighted by atomic mass is 9.94. The molecule has 0 radical (unpaired) electrons. The number of nitrogens with one attached hydrogen (secondary N) is 2. The van der Waals surface area contributed by atoms with E-state index in [-0.39, 0.29) is 0 Å². The third-order valence-electron chi connectivity index (χ3n) is 6.83. The van der Waals surface area contributed by atoms with Gasteiger partial charge in [0.2, 0.25) is 11.8 Å². The first-order chi connectivity index (χ1) is 18.7. The van der Waals surface area contributed by atoms with Crippen molar-refractivity contribution < 1.29 is 78.9 Å². The van der Waals surface area contributed by atoms with Crippen molar-refractivity contribution in [3.05, 3.63) is 0 Å². The van der Waals surface area contributed by atoms with Crippen LogP contribution in [-0.4, -0.2) is 157 Å². The van der Waals surface area contributed by atoms with Crippen LogP contribution in [-0.2, 0) is 38.1 Å². The standard InChI is InChI=1S/C22H36N2O16/c1-5-11(28)16(38-21-9(23-6(2)26)13(30)12(29)8(4-25)37-21)18(20(35)36-5)40-22-10(24-7(3)27)14(31)15(32)17(39-22)19(33)34/h5,8-18,20-22,25,28-32,35H,4H2,1-3H3,(H,23,26)(H,24,27)(H,33,34)/t5-,8+,9+,10+,11-,12+,13+,14+,15+,16+,17-,18+,20+,21-,22+/m0/s1. The molecule has 3 heterocycles. The number of ether oxygens (including phenoxy) is 5. The number of carboxylic acids is 1. The van der Waals surface area contributed by atoms with Crippen LogP contribution in [0.5, 0.6) is 0 Å². The van der Waals surface area contributed by atoms with Crippen molar-refractivity contribution in [2.75, 3.05) is 6.61 Å². The topological polar surface area (TPSA) is 283 Å². The third-order valence-corrected chi connectivity index (χ3v) is 6.83. The van der Waals surface area contributed by atoms with Gasteiger partial charge in [-0.15, -0.1) is 0 Å². The molecule has 18 heteroatoms. The highest BCUT2D eigenvalue weighted by Gasteiger charge is 2.54. The van der Waals surface area contributed by atoms with Crippen molar-refractivity contribution in [3.8, 4) is 0 Å². The van der Waals surface area contributed by atoms with E-state index >= 15 is 0 Å². The van der Waals surface area contributed by atoms with E-state index < -0.39 is 116 Å². The van der Waals surface area contributed by atoms with Crippen LogP contribution < -0.4 is 10.6 Å². The molecule has 3 saturated heterocycles. The lowest BCUT2D eigenvalue weighted by molar-refractivity contribution is -0.369. The van der Waals surface area contributed by atoms with Gasteiger partial charge >= 0.3 is 5.97 Å². The summed E-state index contributed by atoms with van der Waals surface area (Å²) in [5, 5.41) is 86.7. The fourth-order valence-corrected chi connectivity index (χ4v) is 4.77. The Kier molecular flexibility index (Phi) is 10.8. The largest absolute Gasteiger partial charge is 0.479 e. The maximum Gasteiger partial charge on any atom is 0.335 e. The van der Waals surface area contributed by atoms with Crippen LogP contribution in [0.1, 0.15) is 20.8 Å². The van der Waals surface area contributed by atoms with E-state index in [4.69, 9.17) is 23.7 Å². The molecule has 3 rings (SSSR count). The molecule has 230 valence electrons. The molecule has 0 aromatic heterocycles. The molecule has 0 aromatic carbocycles. The minimum atomic E-state index is -2.03. The van der Waals surface area contributed by atoms with Gasteiger partial charge in [0.15, 0.2) is 25.0 Å². The Balaban J connectivity index is 1.94. The van der Waals surface area contributed by atoms with E-state index in [0.29, 0.717) is 0 Å². The van der Waals surface area contributed by atoms with Crippen molar-refractivity contribution in [2.45, 2.75) is 113 Å². The van der Waals surface area contributed by atoms with Gasteiger partial charge in [0.05, 0.1) is 12.7 Å². The van der Waals surface area contributed by atoms with Gasteiger partial charge in [0.25, 0.3) is 0 Å².